The minimum absolute atomic E-state index is 0.134. The van der Waals surface area contributed by atoms with Gasteiger partial charge in [-0.15, -0.1) is 11.8 Å². The van der Waals surface area contributed by atoms with Crippen molar-refractivity contribution in [3.63, 3.8) is 0 Å². The monoisotopic (exact) mass is 270 g/mol. The summed E-state index contributed by atoms with van der Waals surface area (Å²) < 4.78 is 13.2. The molecule has 0 atom stereocenters. The van der Waals surface area contributed by atoms with E-state index in [0.717, 1.165) is 11.8 Å². The third-order valence-electron chi connectivity index (χ3n) is 2.02. The van der Waals surface area contributed by atoms with Gasteiger partial charge in [-0.25, -0.2) is 4.39 Å². The van der Waals surface area contributed by atoms with E-state index in [1.165, 1.54) is 13.0 Å². The summed E-state index contributed by atoms with van der Waals surface area (Å²) >= 11 is 1.15. The summed E-state index contributed by atoms with van der Waals surface area (Å²) in [4.78, 5) is 22.4. The molecular formula is C12H15FN2O2S. The van der Waals surface area contributed by atoms with Gasteiger partial charge in [0.25, 0.3) is 0 Å². The zero-order valence-electron chi connectivity index (χ0n) is 10.0. The van der Waals surface area contributed by atoms with Crippen LogP contribution in [0.15, 0.2) is 29.2 Å². The Balaban J connectivity index is 2.21. The van der Waals surface area contributed by atoms with Crippen molar-refractivity contribution in [2.45, 2.75) is 11.8 Å². The molecule has 0 heterocycles. The minimum atomic E-state index is -0.325. The van der Waals surface area contributed by atoms with Crippen LogP contribution in [-0.4, -0.2) is 30.7 Å². The van der Waals surface area contributed by atoms with E-state index in [4.69, 9.17) is 0 Å². The highest BCUT2D eigenvalue weighted by Crippen LogP contribution is 2.20. The Kier molecular flexibility index (Phi) is 6.21. The van der Waals surface area contributed by atoms with Crippen LogP contribution in [0.4, 0.5) is 4.39 Å². The molecular weight excluding hydrogens is 255 g/mol. The second-order valence-corrected chi connectivity index (χ2v) is 4.57. The van der Waals surface area contributed by atoms with E-state index in [-0.39, 0.29) is 23.4 Å². The number of thioether (sulfide) groups is 1. The van der Waals surface area contributed by atoms with Gasteiger partial charge in [-0.3, -0.25) is 9.59 Å². The summed E-state index contributed by atoms with van der Waals surface area (Å²) in [5, 5.41) is 5.19. The molecule has 98 valence electrons. The van der Waals surface area contributed by atoms with Gasteiger partial charge in [0.1, 0.15) is 5.82 Å². The number of nitrogens with one attached hydrogen (secondary N) is 2. The summed E-state index contributed by atoms with van der Waals surface area (Å²) in [6.45, 7) is 2.18. The molecule has 0 bridgehead atoms. The fourth-order valence-corrected chi connectivity index (χ4v) is 1.97. The molecule has 18 heavy (non-hydrogen) atoms. The van der Waals surface area contributed by atoms with Gasteiger partial charge in [0, 0.05) is 24.9 Å². The van der Waals surface area contributed by atoms with E-state index in [1.54, 1.807) is 18.2 Å². The third-order valence-corrected chi connectivity index (χ3v) is 3.07. The summed E-state index contributed by atoms with van der Waals surface area (Å²) in [7, 11) is 0. The predicted octanol–water partition coefficient (Wildman–Crippen LogP) is 1.17. The first kappa shape index (κ1) is 14.5. The van der Waals surface area contributed by atoms with Crippen molar-refractivity contribution in [3.8, 4) is 0 Å². The maximum Gasteiger partial charge on any atom is 0.230 e. The Hall–Kier alpha value is -1.56. The third kappa shape index (κ3) is 5.67. The Morgan fingerprint density at radius 3 is 2.56 bits per heavy atom. The second-order valence-electron chi connectivity index (χ2n) is 3.55. The van der Waals surface area contributed by atoms with E-state index in [0.29, 0.717) is 18.0 Å². The summed E-state index contributed by atoms with van der Waals surface area (Å²) in [5.41, 5.74) is 0. The summed E-state index contributed by atoms with van der Waals surface area (Å²) in [6, 6.07) is 6.31. The molecule has 2 N–H and O–H groups in total. The molecule has 0 saturated carbocycles. The number of hydrogen-bond donors (Lipinski definition) is 2. The lowest BCUT2D eigenvalue weighted by atomic mass is 10.3. The first-order chi connectivity index (χ1) is 8.59. The average molecular weight is 270 g/mol. The van der Waals surface area contributed by atoms with Gasteiger partial charge < -0.3 is 10.6 Å². The van der Waals surface area contributed by atoms with Crippen molar-refractivity contribution in [1.82, 2.24) is 10.6 Å². The van der Waals surface area contributed by atoms with Gasteiger partial charge in [-0.05, 0) is 12.1 Å². The molecule has 0 aromatic heterocycles. The first-order valence-corrected chi connectivity index (χ1v) is 6.46. The van der Waals surface area contributed by atoms with Gasteiger partial charge in [0.05, 0.1) is 5.75 Å². The van der Waals surface area contributed by atoms with Crippen molar-refractivity contribution >= 4 is 23.6 Å². The van der Waals surface area contributed by atoms with Crippen molar-refractivity contribution in [1.29, 1.82) is 0 Å². The van der Waals surface area contributed by atoms with Crippen molar-refractivity contribution in [2.24, 2.45) is 0 Å². The molecule has 0 spiro atoms. The van der Waals surface area contributed by atoms with Gasteiger partial charge in [-0.1, -0.05) is 12.1 Å². The van der Waals surface area contributed by atoms with Crippen LogP contribution in [0.3, 0.4) is 0 Å². The Labute approximate surface area is 109 Å². The van der Waals surface area contributed by atoms with Crippen LogP contribution in [0, 0.1) is 5.82 Å². The molecule has 0 fully saturated rings. The largest absolute Gasteiger partial charge is 0.355 e. The van der Waals surface area contributed by atoms with Crippen LogP contribution in [0.5, 0.6) is 0 Å². The topological polar surface area (TPSA) is 58.2 Å². The maximum atomic E-state index is 13.2. The molecule has 0 unspecified atom stereocenters. The number of carbonyl (C=O) groups excluding carboxylic acids is 2. The minimum Gasteiger partial charge on any atom is -0.355 e. The second kappa shape index (κ2) is 7.71. The maximum absolute atomic E-state index is 13.2. The lowest BCUT2D eigenvalue weighted by molar-refractivity contribution is -0.120. The molecule has 1 rings (SSSR count). The zero-order chi connectivity index (χ0) is 13.4. The van der Waals surface area contributed by atoms with Crippen LogP contribution in [0.1, 0.15) is 6.92 Å². The number of carbonyl (C=O) groups is 2. The zero-order valence-corrected chi connectivity index (χ0v) is 10.8. The van der Waals surface area contributed by atoms with E-state index in [9.17, 15) is 14.0 Å². The van der Waals surface area contributed by atoms with Crippen LogP contribution in [0.2, 0.25) is 0 Å². The number of amides is 2. The fraction of sp³-hybridized carbons (Fsp3) is 0.333. The van der Waals surface area contributed by atoms with Crippen molar-refractivity contribution < 1.29 is 14.0 Å². The van der Waals surface area contributed by atoms with Gasteiger partial charge >= 0.3 is 0 Å². The summed E-state index contributed by atoms with van der Waals surface area (Å²) in [6.07, 6.45) is 0. The highest BCUT2D eigenvalue weighted by Gasteiger charge is 2.05. The number of halogens is 1. The molecule has 1 aromatic carbocycles. The van der Waals surface area contributed by atoms with Gasteiger partial charge in [0.2, 0.25) is 11.8 Å². The SMILES string of the molecule is CC(=O)NCCNC(=O)CSc1ccccc1F. The highest BCUT2D eigenvalue weighted by molar-refractivity contribution is 8.00. The van der Waals surface area contributed by atoms with E-state index >= 15 is 0 Å². The van der Waals surface area contributed by atoms with Gasteiger partial charge in [0.15, 0.2) is 0 Å². The quantitative estimate of drug-likeness (QED) is 0.602. The summed E-state index contributed by atoms with van der Waals surface area (Å²) in [5.74, 6) is -0.492. The van der Waals surface area contributed by atoms with Crippen molar-refractivity contribution in [3.05, 3.63) is 30.1 Å². The smallest absolute Gasteiger partial charge is 0.230 e. The lowest BCUT2D eigenvalue weighted by Gasteiger charge is -2.06. The Morgan fingerprint density at radius 2 is 1.89 bits per heavy atom. The van der Waals surface area contributed by atoms with E-state index < -0.39 is 0 Å². The van der Waals surface area contributed by atoms with Crippen LogP contribution in [0.25, 0.3) is 0 Å². The first-order valence-electron chi connectivity index (χ1n) is 5.48. The normalized spacial score (nSPS) is 9.89. The average Bonchev–Trinajstić information content (AvgIpc) is 2.33. The predicted molar refractivity (Wildman–Crippen MR) is 68.8 cm³/mol. The molecule has 6 heteroatoms. The van der Waals surface area contributed by atoms with E-state index in [2.05, 4.69) is 10.6 Å². The molecule has 0 radical (unpaired) electrons. The lowest BCUT2D eigenvalue weighted by Crippen LogP contribution is -2.34. The number of hydrogen-bond acceptors (Lipinski definition) is 3. The van der Waals surface area contributed by atoms with Crippen molar-refractivity contribution in [2.75, 3.05) is 18.8 Å². The molecule has 1 aromatic rings. The molecule has 2 amide bonds. The Bertz CT molecular complexity index is 426. The molecule has 4 nitrogen and oxygen atoms in total. The van der Waals surface area contributed by atoms with Crippen LogP contribution in [-0.2, 0) is 9.59 Å². The molecule has 0 aliphatic carbocycles. The number of benzene rings is 1. The molecule has 0 aliphatic heterocycles. The highest BCUT2D eigenvalue weighted by atomic mass is 32.2. The molecule has 0 aliphatic rings. The number of rotatable bonds is 6. The molecule has 0 saturated heterocycles. The Morgan fingerprint density at radius 1 is 1.22 bits per heavy atom. The van der Waals surface area contributed by atoms with Gasteiger partial charge in [-0.2, -0.15) is 0 Å². The standard InChI is InChI=1S/C12H15FN2O2S/c1-9(16)14-6-7-15-12(17)8-18-11-5-3-2-4-10(11)13/h2-5H,6-8H2,1H3,(H,14,16)(H,15,17). The van der Waals surface area contributed by atoms with Crippen LogP contribution >= 0.6 is 11.8 Å². The fourth-order valence-electron chi connectivity index (χ4n) is 1.20. The van der Waals surface area contributed by atoms with E-state index in [1.807, 2.05) is 0 Å². The van der Waals surface area contributed by atoms with Crippen LogP contribution < -0.4 is 10.6 Å².